The van der Waals surface area contributed by atoms with Gasteiger partial charge in [-0.1, -0.05) is 75.8 Å². The van der Waals surface area contributed by atoms with E-state index < -0.39 is 0 Å². The van der Waals surface area contributed by atoms with E-state index in [1.54, 1.807) is 0 Å². The average molecular weight is 304 g/mol. The number of unbranched alkanes of at least 4 members (excludes halogenated alkanes) is 4. The molecule has 1 aromatic carbocycles. The van der Waals surface area contributed by atoms with Gasteiger partial charge >= 0.3 is 5.97 Å². The fourth-order valence-corrected chi connectivity index (χ4v) is 2.44. The molecule has 0 aliphatic heterocycles. The summed E-state index contributed by atoms with van der Waals surface area (Å²) in [6.45, 7) is 7.20. The van der Waals surface area contributed by atoms with Gasteiger partial charge in [-0.05, 0) is 31.2 Å². The van der Waals surface area contributed by atoms with Crippen LogP contribution in [0.5, 0.6) is 0 Å². The third kappa shape index (κ3) is 9.59. The third-order valence-electron chi connectivity index (χ3n) is 3.93. The van der Waals surface area contributed by atoms with Gasteiger partial charge in [0, 0.05) is 6.42 Å². The summed E-state index contributed by atoms with van der Waals surface area (Å²) < 4.78 is 5.29. The van der Waals surface area contributed by atoms with Crippen molar-refractivity contribution in [1.29, 1.82) is 0 Å². The van der Waals surface area contributed by atoms with E-state index in [1.807, 2.05) is 0 Å². The maximum absolute atomic E-state index is 11.7. The highest BCUT2D eigenvalue weighted by Crippen LogP contribution is 2.11. The molecule has 0 N–H and O–H groups in total. The van der Waals surface area contributed by atoms with Gasteiger partial charge in [-0.15, -0.1) is 0 Å². The van der Waals surface area contributed by atoms with Gasteiger partial charge in [0.1, 0.15) is 0 Å². The zero-order valence-corrected chi connectivity index (χ0v) is 14.6. The molecule has 0 atom stereocenters. The summed E-state index contributed by atoms with van der Waals surface area (Å²) in [5.41, 5.74) is 2.45. The summed E-state index contributed by atoms with van der Waals surface area (Å²) in [6.07, 6.45) is 8.64. The van der Waals surface area contributed by atoms with Crippen molar-refractivity contribution in [3.63, 3.8) is 0 Å². The first-order valence-electron chi connectivity index (χ1n) is 8.79. The van der Waals surface area contributed by atoms with Crippen molar-refractivity contribution in [2.24, 2.45) is 5.92 Å². The highest BCUT2D eigenvalue weighted by atomic mass is 16.5. The summed E-state index contributed by atoms with van der Waals surface area (Å²) in [7, 11) is 0. The number of ether oxygens (including phenoxy) is 1. The smallest absolute Gasteiger partial charge is 0.306 e. The summed E-state index contributed by atoms with van der Waals surface area (Å²) >= 11 is 0. The third-order valence-corrected chi connectivity index (χ3v) is 3.93. The molecule has 1 aromatic rings. The molecule has 0 aliphatic rings. The van der Waals surface area contributed by atoms with E-state index in [1.165, 1.54) is 43.2 Å². The molecule has 0 aliphatic carbocycles. The van der Waals surface area contributed by atoms with Crippen LogP contribution in [0.3, 0.4) is 0 Å². The zero-order chi connectivity index (χ0) is 16.2. The second-order valence-electron chi connectivity index (χ2n) is 6.66. The van der Waals surface area contributed by atoms with Crippen LogP contribution in [0, 0.1) is 12.8 Å². The van der Waals surface area contributed by atoms with Crippen LogP contribution >= 0.6 is 0 Å². The van der Waals surface area contributed by atoms with Gasteiger partial charge in [0.15, 0.2) is 0 Å². The van der Waals surface area contributed by atoms with Crippen molar-refractivity contribution >= 4 is 5.97 Å². The minimum atomic E-state index is -0.0691. The Bertz CT molecular complexity index is 406. The van der Waals surface area contributed by atoms with E-state index in [0.29, 0.717) is 13.0 Å². The van der Waals surface area contributed by atoms with Crippen molar-refractivity contribution in [1.82, 2.24) is 0 Å². The average Bonchev–Trinajstić information content (AvgIpc) is 2.49. The molecule has 0 fully saturated rings. The van der Waals surface area contributed by atoms with E-state index in [9.17, 15) is 4.79 Å². The molecule has 0 unspecified atom stereocenters. The Labute approximate surface area is 136 Å². The Kier molecular flexibility index (Phi) is 9.61. The number of hydrogen-bond donors (Lipinski definition) is 0. The second-order valence-corrected chi connectivity index (χ2v) is 6.66. The molecule has 1 rings (SSSR count). The molecule has 0 saturated carbocycles. The normalized spacial score (nSPS) is 10.9. The molecular formula is C20H32O2. The van der Waals surface area contributed by atoms with Crippen molar-refractivity contribution in [2.75, 3.05) is 6.61 Å². The number of benzene rings is 1. The Hall–Kier alpha value is -1.31. The predicted octanol–water partition coefficient (Wildman–Crippen LogP) is 5.47. The number of rotatable bonds is 11. The van der Waals surface area contributed by atoms with Crippen molar-refractivity contribution in [3.8, 4) is 0 Å². The first-order valence-corrected chi connectivity index (χ1v) is 8.79. The number of aryl methyl sites for hydroxylation is 2. The molecule has 2 heteroatoms. The largest absolute Gasteiger partial charge is 0.466 e. The summed E-state index contributed by atoms with van der Waals surface area (Å²) in [5, 5.41) is 0. The standard InChI is InChI=1S/C20H32O2/c1-17(2)9-7-5-4-6-8-16-22-20(21)15-14-19-12-10-18(3)11-13-19/h10-13,17H,4-9,14-16H2,1-3H3. The Morgan fingerprint density at radius 1 is 1.00 bits per heavy atom. The van der Waals surface area contributed by atoms with Crippen LogP contribution in [-0.2, 0) is 16.0 Å². The minimum Gasteiger partial charge on any atom is -0.466 e. The van der Waals surface area contributed by atoms with Gasteiger partial charge in [0.25, 0.3) is 0 Å². The number of carbonyl (C=O) groups excluding carboxylic acids is 1. The quantitative estimate of drug-likeness (QED) is 0.400. The summed E-state index contributed by atoms with van der Waals surface area (Å²) in [6, 6.07) is 8.33. The van der Waals surface area contributed by atoms with Gasteiger partial charge in [-0.25, -0.2) is 0 Å². The zero-order valence-electron chi connectivity index (χ0n) is 14.6. The van der Waals surface area contributed by atoms with Crippen LogP contribution in [0.1, 0.15) is 69.9 Å². The molecule has 0 spiro atoms. The highest BCUT2D eigenvalue weighted by Gasteiger charge is 2.03. The lowest BCUT2D eigenvalue weighted by atomic mass is 10.0. The number of carbonyl (C=O) groups is 1. The van der Waals surface area contributed by atoms with Gasteiger partial charge in [0.2, 0.25) is 0 Å². The Morgan fingerprint density at radius 3 is 2.32 bits per heavy atom. The molecule has 0 heterocycles. The Balaban J connectivity index is 1.96. The van der Waals surface area contributed by atoms with Crippen LogP contribution in [0.2, 0.25) is 0 Å². The lowest BCUT2D eigenvalue weighted by molar-refractivity contribution is -0.143. The van der Waals surface area contributed by atoms with Crippen molar-refractivity contribution < 1.29 is 9.53 Å². The predicted molar refractivity (Wildman–Crippen MR) is 93.0 cm³/mol. The molecule has 0 radical (unpaired) electrons. The fraction of sp³-hybridized carbons (Fsp3) is 0.650. The monoisotopic (exact) mass is 304 g/mol. The number of hydrogen-bond acceptors (Lipinski definition) is 2. The number of esters is 1. The Morgan fingerprint density at radius 2 is 1.64 bits per heavy atom. The van der Waals surface area contributed by atoms with Crippen molar-refractivity contribution in [3.05, 3.63) is 35.4 Å². The summed E-state index contributed by atoms with van der Waals surface area (Å²) in [4.78, 5) is 11.7. The molecule has 0 bridgehead atoms. The molecule has 0 saturated heterocycles. The molecule has 2 nitrogen and oxygen atoms in total. The van der Waals surface area contributed by atoms with Gasteiger partial charge in [-0.3, -0.25) is 4.79 Å². The molecule has 0 aromatic heterocycles. The van der Waals surface area contributed by atoms with Gasteiger partial charge in [-0.2, -0.15) is 0 Å². The van der Waals surface area contributed by atoms with Gasteiger partial charge in [0.05, 0.1) is 6.61 Å². The van der Waals surface area contributed by atoms with E-state index in [-0.39, 0.29) is 5.97 Å². The second kappa shape index (κ2) is 11.3. The molecule has 0 amide bonds. The summed E-state index contributed by atoms with van der Waals surface area (Å²) in [5.74, 6) is 0.745. The first kappa shape index (κ1) is 18.7. The molecule has 22 heavy (non-hydrogen) atoms. The van der Waals surface area contributed by atoms with Crippen LogP contribution in [-0.4, -0.2) is 12.6 Å². The highest BCUT2D eigenvalue weighted by molar-refractivity contribution is 5.69. The lowest BCUT2D eigenvalue weighted by Crippen LogP contribution is -2.07. The van der Waals surface area contributed by atoms with E-state index in [4.69, 9.17) is 4.74 Å². The van der Waals surface area contributed by atoms with E-state index in [2.05, 4.69) is 45.0 Å². The van der Waals surface area contributed by atoms with E-state index in [0.717, 1.165) is 18.8 Å². The van der Waals surface area contributed by atoms with Crippen molar-refractivity contribution in [2.45, 2.75) is 72.1 Å². The maximum Gasteiger partial charge on any atom is 0.306 e. The molecular weight excluding hydrogens is 272 g/mol. The van der Waals surface area contributed by atoms with Crippen LogP contribution in [0.25, 0.3) is 0 Å². The lowest BCUT2D eigenvalue weighted by Gasteiger charge is -2.06. The van der Waals surface area contributed by atoms with E-state index >= 15 is 0 Å². The van der Waals surface area contributed by atoms with Crippen LogP contribution in [0.15, 0.2) is 24.3 Å². The fourth-order valence-electron chi connectivity index (χ4n) is 2.44. The van der Waals surface area contributed by atoms with Crippen LogP contribution < -0.4 is 0 Å². The topological polar surface area (TPSA) is 26.3 Å². The van der Waals surface area contributed by atoms with Crippen LogP contribution in [0.4, 0.5) is 0 Å². The SMILES string of the molecule is Cc1ccc(CCC(=O)OCCCCCCCC(C)C)cc1. The minimum absolute atomic E-state index is 0.0691. The maximum atomic E-state index is 11.7. The first-order chi connectivity index (χ1) is 10.6. The molecule has 124 valence electrons. The van der Waals surface area contributed by atoms with Gasteiger partial charge < -0.3 is 4.74 Å².